The zero-order chi connectivity index (χ0) is 11.5. The average Bonchev–Trinajstić information content (AvgIpc) is 2.09. The molecule has 84 valence electrons. The molecule has 15 heavy (non-hydrogen) atoms. The summed E-state index contributed by atoms with van der Waals surface area (Å²) in [6, 6.07) is 5.57. The Morgan fingerprint density at radius 2 is 2.07 bits per heavy atom. The number of anilines is 1. The van der Waals surface area contributed by atoms with Crippen LogP contribution in [0.25, 0.3) is 0 Å². The highest BCUT2D eigenvalue weighted by Gasteiger charge is 2.12. The molecule has 1 rings (SSSR count). The minimum absolute atomic E-state index is 0.507. The fourth-order valence-corrected chi connectivity index (χ4v) is 1.16. The van der Waals surface area contributed by atoms with Crippen molar-refractivity contribution < 1.29 is 9.84 Å². The fraction of sp³-hybridized carbons (Fsp3) is 0.500. The van der Waals surface area contributed by atoms with Gasteiger partial charge in [0, 0.05) is 12.1 Å². The maximum atomic E-state index is 9.49. The lowest BCUT2D eigenvalue weighted by molar-refractivity contribution is 0.0553. The molecule has 0 saturated carbocycles. The molecule has 0 aliphatic heterocycles. The van der Waals surface area contributed by atoms with Crippen molar-refractivity contribution in [2.24, 2.45) is 0 Å². The van der Waals surface area contributed by atoms with Gasteiger partial charge in [-0.1, -0.05) is 0 Å². The number of rotatable bonds is 4. The molecule has 1 aromatic rings. The van der Waals surface area contributed by atoms with E-state index in [1.54, 1.807) is 13.8 Å². The van der Waals surface area contributed by atoms with Crippen molar-refractivity contribution in [1.82, 2.24) is 0 Å². The van der Waals surface area contributed by atoms with Gasteiger partial charge in [0.05, 0.1) is 12.2 Å². The minimum Gasteiger partial charge on any atom is -0.493 e. The molecule has 0 fully saturated rings. The van der Waals surface area contributed by atoms with Gasteiger partial charge < -0.3 is 15.6 Å². The van der Waals surface area contributed by atoms with Crippen LogP contribution in [0.2, 0.25) is 0 Å². The number of aryl methyl sites for hydroxylation is 1. The Kier molecular flexibility index (Phi) is 3.58. The third kappa shape index (κ3) is 4.21. The Bertz CT molecular complexity index is 329. The summed E-state index contributed by atoms with van der Waals surface area (Å²) in [4.78, 5) is 0. The lowest BCUT2D eigenvalue weighted by Crippen LogP contribution is -2.21. The van der Waals surface area contributed by atoms with Gasteiger partial charge in [0.1, 0.15) is 5.75 Å². The number of hydrogen-bond acceptors (Lipinski definition) is 3. The van der Waals surface area contributed by atoms with E-state index >= 15 is 0 Å². The molecule has 3 heteroatoms. The second kappa shape index (κ2) is 4.53. The summed E-state index contributed by atoms with van der Waals surface area (Å²) in [6.45, 7) is 5.99. The van der Waals surface area contributed by atoms with E-state index in [0.717, 1.165) is 17.0 Å². The Hall–Kier alpha value is -1.22. The smallest absolute Gasteiger partial charge is 0.119 e. The summed E-state index contributed by atoms with van der Waals surface area (Å²) in [6.07, 6.45) is 0.608. The number of hydrogen-bond donors (Lipinski definition) is 2. The normalized spacial score (nSPS) is 11.5. The first kappa shape index (κ1) is 11.9. The largest absolute Gasteiger partial charge is 0.493 e. The van der Waals surface area contributed by atoms with Crippen LogP contribution in [0, 0.1) is 6.92 Å². The summed E-state index contributed by atoms with van der Waals surface area (Å²) >= 11 is 0. The molecule has 0 radical (unpaired) electrons. The van der Waals surface area contributed by atoms with E-state index in [9.17, 15) is 5.11 Å². The highest BCUT2D eigenvalue weighted by Crippen LogP contribution is 2.19. The highest BCUT2D eigenvalue weighted by atomic mass is 16.5. The van der Waals surface area contributed by atoms with E-state index < -0.39 is 5.60 Å². The predicted octanol–water partition coefficient (Wildman–Crippen LogP) is 2.12. The zero-order valence-corrected chi connectivity index (χ0v) is 9.58. The summed E-state index contributed by atoms with van der Waals surface area (Å²) in [5, 5.41) is 9.49. The Morgan fingerprint density at radius 3 is 2.60 bits per heavy atom. The van der Waals surface area contributed by atoms with Crippen LogP contribution >= 0.6 is 0 Å². The van der Waals surface area contributed by atoms with E-state index in [1.807, 2.05) is 25.1 Å². The molecule has 0 aromatic heterocycles. The Morgan fingerprint density at radius 1 is 1.40 bits per heavy atom. The summed E-state index contributed by atoms with van der Waals surface area (Å²) in [5.41, 5.74) is 6.79. The molecule has 1 aromatic carbocycles. The van der Waals surface area contributed by atoms with Gasteiger partial charge in [-0.05, 0) is 44.5 Å². The van der Waals surface area contributed by atoms with Gasteiger partial charge in [0.2, 0.25) is 0 Å². The quantitative estimate of drug-likeness (QED) is 0.747. The number of benzene rings is 1. The summed E-state index contributed by atoms with van der Waals surface area (Å²) in [7, 11) is 0. The van der Waals surface area contributed by atoms with Crippen LogP contribution < -0.4 is 10.5 Å². The van der Waals surface area contributed by atoms with Crippen LogP contribution in [0.3, 0.4) is 0 Å². The first-order chi connectivity index (χ1) is 6.88. The number of ether oxygens (including phenoxy) is 1. The molecule has 3 N–H and O–H groups in total. The van der Waals surface area contributed by atoms with Crippen molar-refractivity contribution in [3.8, 4) is 5.75 Å². The molecule has 0 heterocycles. The summed E-state index contributed by atoms with van der Waals surface area (Å²) in [5.74, 6) is 0.797. The average molecular weight is 209 g/mol. The van der Waals surface area contributed by atoms with Gasteiger partial charge >= 0.3 is 0 Å². The van der Waals surface area contributed by atoms with Crippen molar-refractivity contribution in [3.05, 3.63) is 23.8 Å². The third-order valence-electron chi connectivity index (χ3n) is 2.22. The summed E-state index contributed by atoms with van der Waals surface area (Å²) < 4.78 is 5.50. The molecular weight excluding hydrogens is 190 g/mol. The molecule has 0 bridgehead atoms. The van der Waals surface area contributed by atoms with E-state index in [2.05, 4.69) is 0 Å². The van der Waals surface area contributed by atoms with Gasteiger partial charge in [0.25, 0.3) is 0 Å². The molecular formula is C12H19NO2. The maximum Gasteiger partial charge on any atom is 0.119 e. The van der Waals surface area contributed by atoms with Crippen molar-refractivity contribution in [2.75, 3.05) is 12.3 Å². The van der Waals surface area contributed by atoms with E-state index in [0.29, 0.717) is 13.0 Å². The zero-order valence-electron chi connectivity index (χ0n) is 9.58. The first-order valence-corrected chi connectivity index (χ1v) is 5.10. The topological polar surface area (TPSA) is 55.5 Å². The van der Waals surface area contributed by atoms with E-state index in [4.69, 9.17) is 10.5 Å². The monoisotopic (exact) mass is 209 g/mol. The third-order valence-corrected chi connectivity index (χ3v) is 2.22. The van der Waals surface area contributed by atoms with Gasteiger partial charge in [0.15, 0.2) is 0 Å². The molecule has 0 unspecified atom stereocenters. The van der Waals surface area contributed by atoms with Crippen molar-refractivity contribution in [1.29, 1.82) is 0 Å². The SMILES string of the molecule is Cc1cc(OCCC(C)(C)O)ccc1N. The highest BCUT2D eigenvalue weighted by molar-refractivity contribution is 5.49. The molecule has 0 saturated heterocycles. The second-order valence-corrected chi connectivity index (χ2v) is 4.43. The predicted molar refractivity (Wildman–Crippen MR) is 62.0 cm³/mol. The molecule has 0 aliphatic carbocycles. The van der Waals surface area contributed by atoms with Gasteiger partial charge in [-0.15, -0.1) is 0 Å². The first-order valence-electron chi connectivity index (χ1n) is 5.10. The minimum atomic E-state index is -0.678. The van der Waals surface area contributed by atoms with Crippen LogP contribution in [0.4, 0.5) is 5.69 Å². The van der Waals surface area contributed by atoms with E-state index in [1.165, 1.54) is 0 Å². The lowest BCUT2D eigenvalue weighted by Gasteiger charge is -2.17. The van der Waals surface area contributed by atoms with E-state index in [-0.39, 0.29) is 0 Å². The number of nitrogen functional groups attached to an aromatic ring is 1. The Labute approximate surface area is 90.9 Å². The van der Waals surface area contributed by atoms with Crippen molar-refractivity contribution in [2.45, 2.75) is 32.8 Å². The van der Waals surface area contributed by atoms with Crippen molar-refractivity contribution >= 4 is 5.69 Å². The number of aliphatic hydroxyl groups is 1. The fourth-order valence-electron chi connectivity index (χ4n) is 1.16. The Balaban J connectivity index is 2.48. The van der Waals surface area contributed by atoms with Crippen LogP contribution in [-0.4, -0.2) is 17.3 Å². The molecule has 0 spiro atoms. The lowest BCUT2D eigenvalue weighted by atomic mass is 10.1. The van der Waals surface area contributed by atoms with Gasteiger partial charge in [-0.25, -0.2) is 0 Å². The molecule has 3 nitrogen and oxygen atoms in total. The molecule has 0 amide bonds. The molecule has 0 atom stereocenters. The van der Waals surface area contributed by atoms with Crippen LogP contribution in [0.5, 0.6) is 5.75 Å². The van der Waals surface area contributed by atoms with Crippen LogP contribution in [0.1, 0.15) is 25.8 Å². The standard InChI is InChI=1S/C12H19NO2/c1-9-8-10(4-5-11(9)13)15-7-6-12(2,3)14/h4-5,8,14H,6-7,13H2,1-3H3. The van der Waals surface area contributed by atoms with Gasteiger partial charge in [-0.3, -0.25) is 0 Å². The number of nitrogens with two attached hydrogens (primary N) is 1. The van der Waals surface area contributed by atoms with Crippen LogP contribution in [-0.2, 0) is 0 Å². The second-order valence-electron chi connectivity index (χ2n) is 4.43. The van der Waals surface area contributed by atoms with Gasteiger partial charge in [-0.2, -0.15) is 0 Å². The molecule has 0 aliphatic rings. The van der Waals surface area contributed by atoms with Crippen LogP contribution in [0.15, 0.2) is 18.2 Å². The maximum absolute atomic E-state index is 9.49. The van der Waals surface area contributed by atoms with Crippen molar-refractivity contribution in [3.63, 3.8) is 0 Å².